The summed E-state index contributed by atoms with van der Waals surface area (Å²) in [7, 11) is 5.72. The minimum Gasteiger partial charge on any atom is -0.497 e. The zero-order valence-corrected chi connectivity index (χ0v) is 17.5. The topological polar surface area (TPSA) is 72.3 Å². The lowest BCUT2D eigenvalue weighted by atomic mass is 10.2. The summed E-state index contributed by atoms with van der Waals surface area (Å²) in [5.74, 6) is 1.98. The van der Waals surface area contributed by atoms with Gasteiger partial charge in [-0.1, -0.05) is 25.6 Å². The third kappa shape index (κ3) is 5.46. The van der Waals surface area contributed by atoms with Crippen LogP contribution in [0.5, 0.6) is 5.75 Å². The molecule has 2 rings (SSSR count). The van der Waals surface area contributed by atoms with Crippen LogP contribution in [-0.4, -0.2) is 59.1 Å². The van der Waals surface area contributed by atoms with E-state index in [0.29, 0.717) is 17.5 Å². The van der Waals surface area contributed by atoms with E-state index in [1.54, 1.807) is 7.11 Å². The number of carbonyl (C=O) groups is 1. The summed E-state index contributed by atoms with van der Waals surface area (Å²) in [5, 5.41) is 12.4. The van der Waals surface area contributed by atoms with Crippen LogP contribution in [0.2, 0.25) is 0 Å². The highest BCUT2D eigenvalue weighted by Gasteiger charge is 2.23. The van der Waals surface area contributed by atoms with Crippen molar-refractivity contribution >= 4 is 17.7 Å². The number of ether oxygens (including phenoxy) is 1. The first-order valence-electron chi connectivity index (χ1n) is 9.17. The lowest BCUT2D eigenvalue weighted by Crippen LogP contribution is -2.26. The van der Waals surface area contributed by atoms with Crippen molar-refractivity contribution in [3.05, 3.63) is 30.1 Å². The number of thioether (sulfide) groups is 1. The summed E-state index contributed by atoms with van der Waals surface area (Å²) in [6.07, 6.45) is 1.83. The number of nitrogens with one attached hydrogen (secondary N) is 1. The first-order chi connectivity index (χ1) is 13.0. The van der Waals surface area contributed by atoms with Crippen LogP contribution in [0.4, 0.5) is 0 Å². The van der Waals surface area contributed by atoms with Gasteiger partial charge in [0.05, 0.1) is 18.9 Å². The molecule has 0 saturated carbocycles. The highest BCUT2D eigenvalue weighted by molar-refractivity contribution is 7.99. The minimum absolute atomic E-state index is 0.00679. The molecule has 0 aliphatic carbocycles. The third-order valence-electron chi connectivity index (χ3n) is 4.20. The molecule has 0 aliphatic rings. The summed E-state index contributed by atoms with van der Waals surface area (Å²) >= 11 is 1.40. The molecule has 1 aromatic carbocycles. The van der Waals surface area contributed by atoms with E-state index in [2.05, 4.69) is 27.3 Å². The lowest BCUT2D eigenvalue weighted by Gasteiger charge is -2.23. The Hall–Kier alpha value is -2.06. The lowest BCUT2D eigenvalue weighted by molar-refractivity contribution is -0.118. The molecule has 0 bridgehead atoms. The molecule has 1 atom stereocenters. The minimum atomic E-state index is 0.00679. The molecule has 148 valence electrons. The molecule has 0 aliphatic heterocycles. The first-order valence-corrected chi connectivity index (χ1v) is 10.2. The standard InChI is InChI=1S/C19H29N5O2S/c1-6-12-20-17(25)13-27-19-22-21-18(16(7-2)23(3)4)24(19)14-8-10-15(26-5)11-9-14/h8-11,16H,6-7,12-13H2,1-5H3,(H,20,25). The Labute approximate surface area is 165 Å². The monoisotopic (exact) mass is 391 g/mol. The summed E-state index contributed by atoms with van der Waals surface area (Å²) < 4.78 is 7.30. The third-order valence-corrected chi connectivity index (χ3v) is 5.13. The van der Waals surface area contributed by atoms with Gasteiger partial charge in [-0.15, -0.1) is 10.2 Å². The number of hydrogen-bond acceptors (Lipinski definition) is 6. The fourth-order valence-electron chi connectivity index (χ4n) is 2.79. The van der Waals surface area contributed by atoms with Crippen LogP contribution in [0.3, 0.4) is 0 Å². The van der Waals surface area contributed by atoms with Gasteiger partial charge in [0.15, 0.2) is 11.0 Å². The smallest absolute Gasteiger partial charge is 0.230 e. The SMILES string of the molecule is CCCNC(=O)CSc1nnc(C(CC)N(C)C)n1-c1ccc(OC)cc1. The van der Waals surface area contributed by atoms with E-state index in [1.165, 1.54) is 11.8 Å². The molecule has 0 saturated heterocycles. The van der Waals surface area contributed by atoms with Crippen LogP contribution in [0.15, 0.2) is 29.4 Å². The number of methoxy groups -OCH3 is 1. The Morgan fingerprint density at radius 2 is 1.96 bits per heavy atom. The van der Waals surface area contributed by atoms with Crippen LogP contribution >= 0.6 is 11.8 Å². The molecular weight excluding hydrogens is 362 g/mol. The summed E-state index contributed by atoms with van der Waals surface area (Å²) in [6, 6.07) is 7.92. The van der Waals surface area contributed by atoms with Crippen molar-refractivity contribution in [3.63, 3.8) is 0 Å². The predicted molar refractivity (Wildman–Crippen MR) is 109 cm³/mol. The van der Waals surface area contributed by atoms with Gasteiger partial charge >= 0.3 is 0 Å². The van der Waals surface area contributed by atoms with Crippen molar-refractivity contribution in [2.45, 2.75) is 37.9 Å². The summed E-state index contributed by atoms with van der Waals surface area (Å²) in [4.78, 5) is 14.1. The van der Waals surface area contributed by atoms with Crippen LogP contribution in [0.1, 0.15) is 38.6 Å². The zero-order valence-electron chi connectivity index (χ0n) is 16.7. The van der Waals surface area contributed by atoms with Gasteiger partial charge in [-0.25, -0.2) is 0 Å². The van der Waals surface area contributed by atoms with Crippen molar-refractivity contribution < 1.29 is 9.53 Å². The summed E-state index contributed by atoms with van der Waals surface area (Å²) in [5.41, 5.74) is 0.951. The molecule has 8 heteroatoms. The number of hydrogen-bond donors (Lipinski definition) is 1. The Balaban J connectivity index is 2.35. The van der Waals surface area contributed by atoms with E-state index < -0.39 is 0 Å². The highest BCUT2D eigenvalue weighted by atomic mass is 32.2. The quantitative estimate of drug-likeness (QED) is 0.628. The fraction of sp³-hybridized carbons (Fsp3) is 0.526. The Morgan fingerprint density at radius 1 is 1.26 bits per heavy atom. The average Bonchev–Trinajstić information content (AvgIpc) is 3.08. The van der Waals surface area contributed by atoms with Gasteiger partial charge < -0.3 is 10.1 Å². The number of aromatic nitrogens is 3. The van der Waals surface area contributed by atoms with Gasteiger partial charge in [0.2, 0.25) is 5.91 Å². The zero-order chi connectivity index (χ0) is 19.8. The molecule has 1 heterocycles. The van der Waals surface area contributed by atoms with Gasteiger partial charge in [0, 0.05) is 12.2 Å². The van der Waals surface area contributed by atoms with Gasteiger partial charge in [0.25, 0.3) is 0 Å². The molecule has 0 radical (unpaired) electrons. The van der Waals surface area contributed by atoms with E-state index in [4.69, 9.17) is 4.74 Å². The molecule has 27 heavy (non-hydrogen) atoms. The Bertz CT molecular complexity index is 730. The van der Waals surface area contributed by atoms with Crippen LogP contribution < -0.4 is 10.1 Å². The van der Waals surface area contributed by atoms with Crippen molar-refractivity contribution in [2.24, 2.45) is 0 Å². The fourth-order valence-corrected chi connectivity index (χ4v) is 3.58. The van der Waals surface area contributed by atoms with Crippen molar-refractivity contribution in [3.8, 4) is 11.4 Å². The molecule has 1 N–H and O–H groups in total. The number of amides is 1. The largest absolute Gasteiger partial charge is 0.497 e. The second kappa shape index (κ2) is 10.3. The highest BCUT2D eigenvalue weighted by Crippen LogP contribution is 2.29. The predicted octanol–water partition coefficient (Wildman–Crippen LogP) is 2.91. The van der Waals surface area contributed by atoms with E-state index in [-0.39, 0.29) is 11.9 Å². The van der Waals surface area contributed by atoms with Crippen LogP contribution in [0, 0.1) is 0 Å². The molecular formula is C19H29N5O2S. The van der Waals surface area contributed by atoms with Gasteiger partial charge in [-0.2, -0.15) is 0 Å². The normalized spacial score (nSPS) is 12.2. The number of rotatable bonds is 10. The first kappa shape index (κ1) is 21.2. The van der Waals surface area contributed by atoms with Gasteiger partial charge in [-0.3, -0.25) is 14.3 Å². The number of carbonyl (C=O) groups excluding carboxylic acids is 1. The van der Waals surface area contributed by atoms with Crippen molar-refractivity contribution in [1.82, 2.24) is 25.0 Å². The molecule has 0 fully saturated rings. The molecule has 0 spiro atoms. The van der Waals surface area contributed by atoms with Gasteiger partial charge in [-0.05, 0) is 51.2 Å². The van der Waals surface area contributed by atoms with E-state index >= 15 is 0 Å². The Morgan fingerprint density at radius 3 is 2.52 bits per heavy atom. The number of nitrogens with zero attached hydrogens (tertiary/aromatic N) is 4. The van der Waals surface area contributed by atoms with Crippen molar-refractivity contribution in [1.29, 1.82) is 0 Å². The Kier molecular flexibility index (Phi) is 8.12. The van der Waals surface area contributed by atoms with E-state index in [9.17, 15) is 4.79 Å². The van der Waals surface area contributed by atoms with Gasteiger partial charge in [0.1, 0.15) is 5.75 Å². The average molecular weight is 392 g/mol. The van der Waals surface area contributed by atoms with Crippen molar-refractivity contribution in [2.75, 3.05) is 33.5 Å². The molecule has 1 aromatic heterocycles. The number of benzene rings is 1. The maximum atomic E-state index is 12.0. The van der Waals surface area contributed by atoms with E-state index in [1.807, 2.05) is 49.9 Å². The van der Waals surface area contributed by atoms with Crippen LogP contribution in [-0.2, 0) is 4.79 Å². The second-order valence-electron chi connectivity index (χ2n) is 6.40. The second-order valence-corrected chi connectivity index (χ2v) is 7.34. The maximum absolute atomic E-state index is 12.0. The van der Waals surface area contributed by atoms with Crippen LogP contribution in [0.25, 0.3) is 5.69 Å². The summed E-state index contributed by atoms with van der Waals surface area (Å²) in [6.45, 7) is 4.85. The van der Waals surface area contributed by atoms with E-state index in [0.717, 1.165) is 30.1 Å². The maximum Gasteiger partial charge on any atom is 0.230 e. The molecule has 7 nitrogen and oxygen atoms in total. The molecule has 2 aromatic rings. The molecule has 1 amide bonds. The molecule has 1 unspecified atom stereocenters.